The molecule has 0 aliphatic rings. The minimum absolute atomic E-state index is 0.895. The molecule has 0 bridgehead atoms. The molecule has 9 aromatic carbocycles. The molecule has 0 unspecified atom stereocenters. The Morgan fingerprint density at radius 1 is 0.347 bits per heavy atom. The molecule has 0 aliphatic heterocycles. The van der Waals surface area contributed by atoms with Gasteiger partial charge in [-0.25, -0.2) is 0 Å². The van der Waals surface area contributed by atoms with Crippen LogP contribution in [0, 0.1) is 0 Å². The van der Waals surface area contributed by atoms with Crippen molar-refractivity contribution in [3.63, 3.8) is 0 Å². The highest BCUT2D eigenvalue weighted by molar-refractivity contribution is 6.22. The van der Waals surface area contributed by atoms with Crippen LogP contribution in [0.15, 0.2) is 193 Å². The van der Waals surface area contributed by atoms with E-state index in [-0.39, 0.29) is 0 Å². The third-order valence-electron chi connectivity index (χ3n) is 9.49. The van der Waals surface area contributed by atoms with E-state index in [1.54, 1.807) is 0 Å². The van der Waals surface area contributed by atoms with Crippen LogP contribution in [0.3, 0.4) is 0 Å². The molecule has 2 heteroatoms. The number of hydrogen-bond donors (Lipinski definition) is 1. The van der Waals surface area contributed by atoms with Crippen molar-refractivity contribution in [3.05, 3.63) is 199 Å². The second-order valence-electron chi connectivity index (χ2n) is 12.5. The average Bonchev–Trinajstić information content (AvgIpc) is 3.17. The summed E-state index contributed by atoms with van der Waals surface area (Å²) in [6, 6.07) is 67.1. The Morgan fingerprint density at radius 3 is 1.35 bits per heavy atom. The lowest BCUT2D eigenvalue weighted by Crippen LogP contribution is -2.06. The molecule has 0 saturated heterocycles. The molecular weight excluding hydrogens is 593 g/mol. The van der Waals surface area contributed by atoms with E-state index in [9.17, 15) is 0 Å². The molecule has 9 aromatic rings. The van der Waals surface area contributed by atoms with Crippen molar-refractivity contribution >= 4 is 54.5 Å². The minimum Gasteiger partial charge on any atom is -0.278 e. The largest absolute Gasteiger partial charge is 0.278 e. The van der Waals surface area contributed by atoms with Gasteiger partial charge in [0, 0.05) is 11.1 Å². The van der Waals surface area contributed by atoms with Crippen LogP contribution in [-0.2, 0) is 0 Å². The fourth-order valence-corrected chi connectivity index (χ4v) is 7.17. The standard InChI is InChI=1S/C47H32N2/c1-3-15-34(16-4-1)47(35-17-5-2-6-18-35)49-48-40-27-28-43-44(31-40)46(39-26-24-33-14-8-10-20-37(33)30-39)42-22-12-11-21-41(42)45(43)38-25-23-32-13-7-9-19-36(32)29-38/h1-31,48H. The van der Waals surface area contributed by atoms with E-state index in [4.69, 9.17) is 5.10 Å². The number of hydrazone groups is 1. The Kier molecular flexibility index (Phi) is 7.18. The summed E-state index contributed by atoms with van der Waals surface area (Å²) in [5.74, 6) is 0. The highest BCUT2D eigenvalue weighted by Gasteiger charge is 2.18. The molecule has 0 fully saturated rings. The number of nitrogens with zero attached hydrogens (tertiary/aromatic N) is 1. The third kappa shape index (κ3) is 5.30. The van der Waals surface area contributed by atoms with Gasteiger partial charge in [-0.05, 0) is 89.6 Å². The van der Waals surface area contributed by atoms with Gasteiger partial charge in [-0.15, -0.1) is 0 Å². The Bertz CT molecular complexity index is 2630. The maximum Gasteiger partial charge on any atom is 0.0977 e. The van der Waals surface area contributed by atoms with Gasteiger partial charge in [0.1, 0.15) is 0 Å². The zero-order valence-corrected chi connectivity index (χ0v) is 26.8. The van der Waals surface area contributed by atoms with Gasteiger partial charge in [-0.2, -0.15) is 5.10 Å². The summed E-state index contributed by atoms with van der Waals surface area (Å²) in [7, 11) is 0. The fraction of sp³-hybridized carbons (Fsp3) is 0. The molecule has 0 radical (unpaired) electrons. The Morgan fingerprint density at radius 2 is 0.796 bits per heavy atom. The number of anilines is 1. The van der Waals surface area contributed by atoms with Crippen LogP contribution in [0.2, 0.25) is 0 Å². The Balaban J connectivity index is 1.30. The first kappa shape index (κ1) is 28.7. The molecule has 0 atom stereocenters. The van der Waals surface area contributed by atoms with E-state index in [0.29, 0.717) is 0 Å². The van der Waals surface area contributed by atoms with E-state index in [1.807, 2.05) is 12.1 Å². The third-order valence-corrected chi connectivity index (χ3v) is 9.49. The van der Waals surface area contributed by atoms with Gasteiger partial charge < -0.3 is 0 Å². The lowest BCUT2D eigenvalue weighted by atomic mass is 9.85. The van der Waals surface area contributed by atoms with Crippen molar-refractivity contribution in [1.82, 2.24) is 0 Å². The highest BCUT2D eigenvalue weighted by Crippen LogP contribution is 2.45. The first-order valence-electron chi connectivity index (χ1n) is 16.7. The average molecular weight is 625 g/mol. The molecule has 9 rings (SSSR count). The van der Waals surface area contributed by atoms with Crippen molar-refractivity contribution in [2.24, 2.45) is 5.10 Å². The van der Waals surface area contributed by atoms with Crippen molar-refractivity contribution in [1.29, 1.82) is 0 Å². The van der Waals surface area contributed by atoms with Gasteiger partial charge in [0.25, 0.3) is 0 Å². The molecule has 230 valence electrons. The summed E-state index contributed by atoms with van der Waals surface area (Å²) < 4.78 is 0. The number of fused-ring (bicyclic) bond motifs is 4. The van der Waals surface area contributed by atoms with Gasteiger partial charge in [0.2, 0.25) is 0 Å². The lowest BCUT2D eigenvalue weighted by molar-refractivity contribution is 1.33. The summed E-state index contributed by atoms with van der Waals surface area (Å²) in [5.41, 5.74) is 12.3. The number of rotatable bonds is 6. The van der Waals surface area contributed by atoms with Crippen molar-refractivity contribution in [3.8, 4) is 22.3 Å². The molecule has 1 N–H and O–H groups in total. The quantitative estimate of drug-likeness (QED) is 0.111. The summed E-state index contributed by atoms with van der Waals surface area (Å²) in [6.07, 6.45) is 0. The van der Waals surface area contributed by atoms with E-state index in [1.165, 1.54) is 65.3 Å². The molecule has 2 nitrogen and oxygen atoms in total. The van der Waals surface area contributed by atoms with E-state index < -0.39 is 0 Å². The summed E-state index contributed by atoms with van der Waals surface area (Å²) in [4.78, 5) is 0. The summed E-state index contributed by atoms with van der Waals surface area (Å²) >= 11 is 0. The smallest absolute Gasteiger partial charge is 0.0977 e. The normalized spacial score (nSPS) is 11.3. The zero-order chi connectivity index (χ0) is 32.6. The monoisotopic (exact) mass is 624 g/mol. The SMILES string of the molecule is c1ccc(C(=NNc2ccc3c(-c4ccc5ccccc5c4)c4ccccc4c(-c4ccc5ccccc5c4)c3c2)c2ccccc2)cc1. The summed E-state index contributed by atoms with van der Waals surface area (Å²) in [5, 5.41) is 14.8. The minimum atomic E-state index is 0.895. The maximum absolute atomic E-state index is 5.03. The summed E-state index contributed by atoms with van der Waals surface area (Å²) in [6.45, 7) is 0. The molecular formula is C47H32N2. The fourth-order valence-electron chi connectivity index (χ4n) is 7.17. The molecule has 0 amide bonds. The second kappa shape index (κ2) is 12.3. The molecule has 0 aromatic heterocycles. The Hall–Kier alpha value is -6.51. The zero-order valence-electron chi connectivity index (χ0n) is 26.8. The Labute approximate surface area is 285 Å². The molecule has 0 saturated carbocycles. The van der Waals surface area contributed by atoms with Crippen LogP contribution in [0.4, 0.5) is 5.69 Å². The van der Waals surface area contributed by atoms with E-state index >= 15 is 0 Å². The van der Waals surface area contributed by atoms with E-state index in [2.05, 4.69) is 181 Å². The number of benzene rings is 9. The predicted molar refractivity (Wildman–Crippen MR) is 209 cm³/mol. The topological polar surface area (TPSA) is 24.4 Å². The van der Waals surface area contributed by atoms with Crippen molar-refractivity contribution < 1.29 is 0 Å². The lowest BCUT2D eigenvalue weighted by Gasteiger charge is -2.19. The van der Waals surface area contributed by atoms with Crippen molar-refractivity contribution in [2.45, 2.75) is 0 Å². The van der Waals surface area contributed by atoms with Crippen LogP contribution in [0.25, 0.3) is 65.3 Å². The van der Waals surface area contributed by atoms with Gasteiger partial charge in [-0.3, -0.25) is 5.43 Å². The van der Waals surface area contributed by atoms with Crippen LogP contribution in [0.5, 0.6) is 0 Å². The number of hydrogen-bond acceptors (Lipinski definition) is 2. The van der Waals surface area contributed by atoms with Crippen molar-refractivity contribution in [2.75, 3.05) is 5.43 Å². The van der Waals surface area contributed by atoms with Gasteiger partial charge >= 0.3 is 0 Å². The van der Waals surface area contributed by atoms with Crippen LogP contribution in [0.1, 0.15) is 11.1 Å². The molecule has 0 spiro atoms. The molecule has 0 heterocycles. The highest BCUT2D eigenvalue weighted by atomic mass is 15.3. The van der Waals surface area contributed by atoms with E-state index in [0.717, 1.165) is 22.5 Å². The van der Waals surface area contributed by atoms with Crippen LogP contribution in [-0.4, -0.2) is 5.71 Å². The van der Waals surface area contributed by atoms with Crippen LogP contribution >= 0.6 is 0 Å². The first-order chi connectivity index (χ1) is 24.3. The second-order valence-corrected chi connectivity index (χ2v) is 12.5. The number of nitrogens with one attached hydrogen (secondary N) is 1. The molecule has 49 heavy (non-hydrogen) atoms. The predicted octanol–water partition coefficient (Wildman–Crippen LogP) is 12.5. The first-order valence-corrected chi connectivity index (χ1v) is 16.7. The van der Waals surface area contributed by atoms with Gasteiger partial charge in [0.15, 0.2) is 0 Å². The van der Waals surface area contributed by atoms with Crippen LogP contribution < -0.4 is 5.43 Å². The van der Waals surface area contributed by atoms with Gasteiger partial charge in [0.05, 0.1) is 11.4 Å². The molecule has 0 aliphatic carbocycles. The van der Waals surface area contributed by atoms with Gasteiger partial charge in [-0.1, -0.05) is 164 Å². The maximum atomic E-state index is 5.03.